The lowest BCUT2D eigenvalue weighted by atomic mass is 10.1. The number of nitrogens with zero attached hydrogens (tertiary/aromatic N) is 3. The van der Waals surface area contributed by atoms with Crippen molar-refractivity contribution in [2.75, 3.05) is 4.90 Å². The highest BCUT2D eigenvalue weighted by molar-refractivity contribution is 9.10. The lowest BCUT2D eigenvalue weighted by molar-refractivity contribution is -0.114. The molecule has 2 aromatic rings. The molecule has 0 fully saturated rings. The van der Waals surface area contributed by atoms with E-state index in [1.54, 1.807) is 30.3 Å². The van der Waals surface area contributed by atoms with Crippen LogP contribution in [0.25, 0.3) is 0 Å². The van der Waals surface area contributed by atoms with E-state index in [0.29, 0.717) is 11.3 Å². The van der Waals surface area contributed by atoms with Crippen LogP contribution in [-0.4, -0.2) is 16.7 Å². The number of fused-ring (bicyclic) bond motifs is 1. The normalized spacial score (nSPS) is 13.2. The summed E-state index contributed by atoms with van der Waals surface area (Å²) in [4.78, 5) is 29.4. The zero-order chi connectivity index (χ0) is 15.0. The number of amides is 1. The average Bonchev–Trinajstić information content (AvgIpc) is 2.72. The lowest BCUT2D eigenvalue weighted by Crippen LogP contribution is -2.29. The molecule has 0 saturated heterocycles. The summed E-state index contributed by atoms with van der Waals surface area (Å²) in [6.07, 6.45) is 1.51. The molecule has 0 aliphatic carbocycles. The van der Waals surface area contributed by atoms with Gasteiger partial charge in [0.25, 0.3) is 11.7 Å². The highest BCUT2D eigenvalue weighted by Crippen LogP contribution is 2.32. The first kappa shape index (κ1) is 13.5. The first-order chi connectivity index (χ1) is 10.1. The summed E-state index contributed by atoms with van der Waals surface area (Å²) in [5.41, 5.74) is 2.00. The Kier molecular flexibility index (Phi) is 3.28. The molecule has 102 valence electrons. The number of hydrogen-bond donors (Lipinski definition) is 0. The Hall–Kier alpha value is -2.52. The zero-order valence-corrected chi connectivity index (χ0v) is 12.3. The predicted molar refractivity (Wildman–Crippen MR) is 78.6 cm³/mol. The summed E-state index contributed by atoms with van der Waals surface area (Å²) in [5.74, 6) is -1.06. The molecule has 0 N–H and O–H groups in total. The minimum Gasteiger partial charge on any atom is -0.300 e. The van der Waals surface area contributed by atoms with Gasteiger partial charge in [-0.1, -0.05) is 15.9 Å². The van der Waals surface area contributed by atoms with Crippen LogP contribution in [0.3, 0.4) is 0 Å². The Morgan fingerprint density at radius 1 is 1.24 bits per heavy atom. The number of aromatic nitrogens is 1. The number of hydrogen-bond acceptors (Lipinski definition) is 4. The Balaban J connectivity index is 2.00. The van der Waals surface area contributed by atoms with Crippen LogP contribution in [0.4, 0.5) is 5.69 Å². The number of carbonyl (C=O) groups excluding carboxylic acids is 2. The zero-order valence-electron chi connectivity index (χ0n) is 10.7. The maximum Gasteiger partial charge on any atom is 0.299 e. The van der Waals surface area contributed by atoms with Gasteiger partial charge >= 0.3 is 0 Å². The van der Waals surface area contributed by atoms with Crippen LogP contribution in [-0.2, 0) is 11.3 Å². The first-order valence-corrected chi connectivity index (χ1v) is 6.90. The topological polar surface area (TPSA) is 74.1 Å². The molecule has 1 amide bonds. The van der Waals surface area contributed by atoms with Gasteiger partial charge in [-0.05, 0) is 35.9 Å². The SMILES string of the molecule is N#Cc1cc(CN2C(=O)C(=O)c3ccc(Br)cc32)ccn1. The van der Waals surface area contributed by atoms with E-state index in [0.717, 1.165) is 10.0 Å². The molecule has 3 rings (SSSR count). The third-order valence-corrected chi connectivity index (χ3v) is 3.71. The van der Waals surface area contributed by atoms with Gasteiger partial charge in [0.15, 0.2) is 0 Å². The molecular formula is C15H8BrN3O2. The minimum absolute atomic E-state index is 0.227. The largest absolute Gasteiger partial charge is 0.300 e. The molecule has 0 spiro atoms. The first-order valence-electron chi connectivity index (χ1n) is 6.11. The van der Waals surface area contributed by atoms with Crippen LogP contribution >= 0.6 is 15.9 Å². The standard InChI is InChI=1S/C15H8BrN3O2/c16-10-1-2-12-13(6-10)19(15(21)14(12)20)8-9-3-4-18-11(5-9)7-17/h1-6H,8H2. The predicted octanol–water partition coefficient (Wildman–Crippen LogP) is 2.45. The number of Topliss-reactive ketones (excluding diaryl/α,β-unsaturated/α-hetero) is 1. The average molecular weight is 342 g/mol. The molecule has 0 bridgehead atoms. The van der Waals surface area contributed by atoms with Crippen LogP contribution in [0, 0.1) is 11.3 Å². The number of pyridine rings is 1. The van der Waals surface area contributed by atoms with Crippen LogP contribution < -0.4 is 4.90 Å². The third kappa shape index (κ3) is 2.32. The molecule has 1 aliphatic rings. The smallest absolute Gasteiger partial charge is 0.299 e. The molecule has 5 nitrogen and oxygen atoms in total. The number of nitriles is 1. The van der Waals surface area contributed by atoms with Gasteiger partial charge in [0, 0.05) is 10.7 Å². The Labute approximate surface area is 129 Å². The Morgan fingerprint density at radius 2 is 2.05 bits per heavy atom. The molecule has 0 unspecified atom stereocenters. The molecule has 1 aromatic heterocycles. The van der Waals surface area contributed by atoms with Gasteiger partial charge in [0.1, 0.15) is 11.8 Å². The Morgan fingerprint density at radius 3 is 2.81 bits per heavy atom. The van der Waals surface area contributed by atoms with Crippen molar-refractivity contribution < 1.29 is 9.59 Å². The van der Waals surface area contributed by atoms with Gasteiger partial charge in [0.2, 0.25) is 0 Å². The second-order valence-corrected chi connectivity index (χ2v) is 5.46. The van der Waals surface area contributed by atoms with E-state index in [-0.39, 0.29) is 12.2 Å². The fraction of sp³-hybridized carbons (Fsp3) is 0.0667. The second kappa shape index (κ2) is 5.11. The highest BCUT2D eigenvalue weighted by atomic mass is 79.9. The van der Waals surface area contributed by atoms with Crippen LogP contribution in [0.15, 0.2) is 41.0 Å². The van der Waals surface area contributed by atoms with Crippen molar-refractivity contribution in [1.29, 1.82) is 5.26 Å². The fourth-order valence-corrected chi connectivity index (χ4v) is 2.59. The summed E-state index contributed by atoms with van der Waals surface area (Å²) in [5, 5.41) is 8.86. The van der Waals surface area contributed by atoms with Gasteiger partial charge in [-0.2, -0.15) is 5.26 Å². The molecule has 0 atom stereocenters. The van der Waals surface area contributed by atoms with Crippen molar-refractivity contribution >= 4 is 33.3 Å². The summed E-state index contributed by atoms with van der Waals surface area (Å²) in [7, 11) is 0. The summed E-state index contributed by atoms with van der Waals surface area (Å²) >= 11 is 3.34. The number of halogens is 1. The molecule has 1 aromatic carbocycles. The number of ketones is 1. The molecule has 1 aliphatic heterocycles. The number of anilines is 1. The Bertz CT molecular complexity index is 811. The van der Waals surface area contributed by atoms with E-state index in [4.69, 9.17) is 5.26 Å². The van der Waals surface area contributed by atoms with Crippen molar-refractivity contribution in [2.45, 2.75) is 6.54 Å². The maximum absolute atomic E-state index is 12.1. The van der Waals surface area contributed by atoms with E-state index >= 15 is 0 Å². The van der Waals surface area contributed by atoms with Gasteiger partial charge in [-0.15, -0.1) is 0 Å². The van der Waals surface area contributed by atoms with Crippen molar-refractivity contribution in [2.24, 2.45) is 0 Å². The molecule has 0 radical (unpaired) electrons. The number of rotatable bonds is 2. The monoisotopic (exact) mass is 341 g/mol. The second-order valence-electron chi connectivity index (χ2n) is 4.54. The van der Waals surface area contributed by atoms with E-state index in [1.807, 2.05) is 6.07 Å². The summed E-state index contributed by atoms with van der Waals surface area (Å²) < 4.78 is 0.793. The van der Waals surface area contributed by atoms with E-state index in [2.05, 4.69) is 20.9 Å². The molecule has 2 heterocycles. The van der Waals surface area contributed by atoms with Gasteiger partial charge < -0.3 is 4.90 Å². The van der Waals surface area contributed by atoms with Crippen LogP contribution in [0.1, 0.15) is 21.6 Å². The number of benzene rings is 1. The third-order valence-electron chi connectivity index (χ3n) is 3.21. The van der Waals surface area contributed by atoms with E-state index in [1.165, 1.54) is 11.1 Å². The van der Waals surface area contributed by atoms with E-state index < -0.39 is 11.7 Å². The molecule has 6 heteroatoms. The van der Waals surface area contributed by atoms with Crippen molar-refractivity contribution in [1.82, 2.24) is 4.98 Å². The molecule has 21 heavy (non-hydrogen) atoms. The molecular weight excluding hydrogens is 334 g/mol. The van der Waals surface area contributed by atoms with Crippen molar-refractivity contribution in [3.05, 3.63) is 57.8 Å². The highest BCUT2D eigenvalue weighted by Gasteiger charge is 2.35. The minimum atomic E-state index is -0.557. The number of carbonyl (C=O) groups is 2. The fourth-order valence-electron chi connectivity index (χ4n) is 2.24. The lowest BCUT2D eigenvalue weighted by Gasteiger charge is -2.16. The van der Waals surface area contributed by atoms with Crippen LogP contribution in [0.5, 0.6) is 0 Å². The van der Waals surface area contributed by atoms with E-state index in [9.17, 15) is 9.59 Å². The van der Waals surface area contributed by atoms with Crippen LogP contribution in [0.2, 0.25) is 0 Å². The quantitative estimate of drug-likeness (QED) is 0.786. The van der Waals surface area contributed by atoms with Gasteiger partial charge in [-0.3, -0.25) is 9.59 Å². The maximum atomic E-state index is 12.1. The van der Waals surface area contributed by atoms with Gasteiger partial charge in [-0.25, -0.2) is 4.98 Å². The van der Waals surface area contributed by atoms with Crippen molar-refractivity contribution in [3.63, 3.8) is 0 Å². The summed E-state index contributed by atoms with van der Waals surface area (Å²) in [6, 6.07) is 10.4. The molecule has 0 saturated carbocycles. The van der Waals surface area contributed by atoms with Gasteiger partial charge in [0.05, 0.1) is 17.8 Å². The summed E-state index contributed by atoms with van der Waals surface area (Å²) in [6.45, 7) is 0.227. The van der Waals surface area contributed by atoms with Crippen molar-refractivity contribution in [3.8, 4) is 6.07 Å².